The van der Waals surface area contributed by atoms with Gasteiger partial charge in [0, 0.05) is 13.0 Å². The predicted molar refractivity (Wildman–Crippen MR) is 62.2 cm³/mol. The molecule has 1 aliphatic rings. The monoisotopic (exact) mass is 259 g/mol. The molecule has 1 aromatic rings. The number of hydrogen-bond acceptors (Lipinski definition) is 2. The van der Waals surface area contributed by atoms with E-state index in [1.807, 2.05) is 0 Å². The molecule has 100 valence electrons. The van der Waals surface area contributed by atoms with Crippen molar-refractivity contribution in [3.05, 3.63) is 35.4 Å². The minimum absolute atomic E-state index is 0.254. The Kier molecular flexibility index (Phi) is 3.64. The van der Waals surface area contributed by atoms with E-state index in [-0.39, 0.29) is 6.42 Å². The second kappa shape index (κ2) is 4.90. The third-order valence-corrected chi connectivity index (χ3v) is 3.24. The second-order valence-electron chi connectivity index (χ2n) is 4.88. The van der Waals surface area contributed by atoms with Crippen LogP contribution < -0.4 is 5.32 Å². The number of β-amino-alcohol motifs (C(OH)–C–C–N with tert-alkyl or cyclic N) is 1. The highest BCUT2D eigenvalue weighted by atomic mass is 19.4. The molecule has 1 aromatic carbocycles. The molecule has 1 heterocycles. The fourth-order valence-electron chi connectivity index (χ4n) is 2.34. The smallest absolute Gasteiger partial charge is 0.388 e. The van der Waals surface area contributed by atoms with Crippen molar-refractivity contribution in [2.24, 2.45) is 0 Å². The number of aliphatic hydroxyl groups is 1. The zero-order valence-electron chi connectivity index (χ0n) is 9.93. The maximum absolute atomic E-state index is 12.6. The van der Waals surface area contributed by atoms with Gasteiger partial charge in [0.15, 0.2) is 0 Å². The van der Waals surface area contributed by atoms with Gasteiger partial charge in [-0.1, -0.05) is 18.2 Å². The molecule has 1 atom stereocenters. The number of hydrogen-bond donors (Lipinski definition) is 2. The van der Waals surface area contributed by atoms with Gasteiger partial charge in [-0.3, -0.25) is 0 Å². The van der Waals surface area contributed by atoms with Crippen molar-refractivity contribution in [2.75, 3.05) is 13.1 Å². The topological polar surface area (TPSA) is 32.3 Å². The van der Waals surface area contributed by atoms with Crippen LogP contribution in [0.15, 0.2) is 24.3 Å². The van der Waals surface area contributed by atoms with Crippen molar-refractivity contribution in [2.45, 2.75) is 31.0 Å². The molecule has 2 nitrogen and oxygen atoms in total. The molecule has 0 aromatic heterocycles. The Hall–Kier alpha value is -1.07. The van der Waals surface area contributed by atoms with E-state index in [1.54, 1.807) is 6.07 Å². The first-order valence-corrected chi connectivity index (χ1v) is 5.98. The molecular formula is C13H16F3NO. The molecule has 1 unspecified atom stereocenters. The number of nitrogens with one attached hydrogen (secondary N) is 1. The second-order valence-corrected chi connectivity index (χ2v) is 4.88. The van der Waals surface area contributed by atoms with E-state index < -0.39 is 17.3 Å². The van der Waals surface area contributed by atoms with Crippen molar-refractivity contribution in [3.63, 3.8) is 0 Å². The molecule has 2 N–H and O–H groups in total. The molecule has 0 amide bonds. The van der Waals surface area contributed by atoms with Crippen molar-refractivity contribution in [1.29, 1.82) is 0 Å². The van der Waals surface area contributed by atoms with Crippen LogP contribution in [-0.4, -0.2) is 23.8 Å². The maximum Gasteiger partial charge on any atom is 0.416 e. The average Bonchev–Trinajstić information content (AvgIpc) is 2.28. The Labute approximate surface area is 104 Å². The van der Waals surface area contributed by atoms with Gasteiger partial charge in [-0.2, -0.15) is 13.2 Å². The highest BCUT2D eigenvalue weighted by Crippen LogP contribution is 2.30. The molecule has 0 radical (unpaired) electrons. The van der Waals surface area contributed by atoms with Crippen LogP contribution in [0.4, 0.5) is 13.2 Å². The van der Waals surface area contributed by atoms with Crippen molar-refractivity contribution in [3.8, 4) is 0 Å². The Bertz CT molecular complexity index is 411. The fraction of sp³-hybridized carbons (Fsp3) is 0.538. The molecule has 1 saturated heterocycles. The summed E-state index contributed by atoms with van der Waals surface area (Å²) in [6, 6.07) is 5.18. The fourth-order valence-corrected chi connectivity index (χ4v) is 2.34. The maximum atomic E-state index is 12.6. The van der Waals surface area contributed by atoms with Gasteiger partial charge in [0.2, 0.25) is 0 Å². The molecule has 1 aliphatic heterocycles. The van der Waals surface area contributed by atoms with E-state index in [1.165, 1.54) is 6.07 Å². The standard InChI is InChI=1S/C13H16F3NO/c14-13(15,16)11-4-1-3-10(7-11)8-12(18)5-2-6-17-9-12/h1,3-4,7,17-18H,2,5-6,8-9H2. The summed E-state index contributed by atoms with van der Waals surface area (Å²) in [5.41, 5.74) is -1.06. The van der Waals surface area contributed by atoms with Crippen LogP contribution >= 0.6 is 0 Å². The summed E-state index contributed by atoms with van der Waals surface area (Å²) in [5, 5.41) is 13.3. The predicted octanol–water partition coefficient (Wildman–Crippen LogP) is 2.36. The van der Waals surface area contributed by atoms with Gasteiger partial charge in [0.1, 0.15) is 0 Å². The van der Waals surface area contributed by atoms with E-state index in [0.717, 1.165) is 25.1 Å². The Morgan fingerprint density at radius 2 is 2.11 bits per heavy atom. The minimum Gasteiger partial charge on any atom is -0.388 e. The lowest BCUT2D eigenvalue weighted by molar-refractivity contribution is -0.137. The Balaban J connectivity index is 2.14. The van der Waals surface area contributed by atoms with Gasteiger partial charge in [-0.25, -0.2) is 0 Å². The summed E-state index contributed by atoms with van der Waals surface area (Å²) in [4.78, 5) is 0. The molecule has 2 rings (SSSR count). The van der Waals surface area contributed by atoms with Crippen LogP contribution in [0.3, 0.4) is 0 Å². The lowest BCUT2D eigenvalue weighted by Crippen LogP contribution is -2.47. The summed E-state index contributed by atoms with van der Waals surface area (Å²) in [6.07, 6.45) is -2.61. The lowest BCUT2D eigenvalue weighted by atomic mass is 9.87. The van der Waals surface area contributed by atoms with Crippen molar-refractivity contribution >= 4 is 0 Å². The van der Waals surface area contributed by atoms with Crippen LogP contribution in [-0.2, 0) is 12.6 Å². The zero-order chi connectivity index (χ0) is 13.2. The van der Waals surface area contributed by atoms with Crippen LogP contribution in [0.5, 0.6) is 0 Å². The highest BCUT2D eigenvalue weighted by molar-refractivity contribution is 5.27. The van der Waals surface area contributed by atoms with Gasteiger partial charge < -0.3 is 10.4 Å². The summed E-state index contributed by atoms with van der Waals surface area (Å²) >= 11 is 0. The summed E-state index contributed by atoms with van der Waals surface area (Å²) < 4.78 is 37.7. The van der Waals surface area contributed by atoms with E-state index in [0.29, 0.717) is 18.5 Å². The highest BCUT2D eigenvalue weighted by Gasteiger charge is 2.32. The van der Waals surface area contributed by atoms with E-state index in [2.05, 4.69) is 5.32 Å². The molecule has 18 heavy (non-hydrogen) atoms. The number of benzene rings is 1. The molecule has 0 saturated carbocycles. The van der Waals surface area contributed by atoms with E-state index in [9.17, 15) is 18.3 Å². The van der Waals surface area contributed by atoms with Crippen molar-refractivity contribution < 1.29 is 18.3 Å². The third-order valence-electron chi connectivity index (χ3n) is 3.24. The molecular weight excluding hydrogens is 243 g/mol. The van der Waals surface area contributed by atoms with Gasteiger partial charge in [-0.15, -0.1) is 0 Å². The summed E-state index contributed by atoms with van der Waals surface area (Å²) in [6.45, 7) is 1.29. The third kappa shape index (κ3) is 3.23. The Morgan fingerprint density at radius 3 is 2.72 bits per heavy atom. The molecule has 1 fully saturated rings. The zero-order valence-corrected chi connectivity index (χ0v) is 9.93. The largest absolute Gasteiger partial charge is 0.416 e. The quantitative estimate of drug-likeness (QED) is 0.854. The van der Waals surface area contributed by atoms with Crippen molar-refractivity contribution in [1.82, 2.24) is 5.32 Å². The minimum atomic E-state index is -4.33. The Morgan fingerprint density at radius 1 is 1.33 bits per heavy atom. The van der Waals surface area contributed by atoms with Gasteiger partial charge in [0.25, 0.3) is 0 Å². The van der Waals surface area contributed by atoms with Gasteiger partial charge in [-0.05, 0) is 31.0 Å². The molecule has 0 bridgehead atoms. The van der Waals surface area contributed by atoms with Gasteiger partial charge in [0.05, 0.1) is 11.2 Å². The first-order valence-electron chi connectivity index (χ1n) is 5.98. The SMILES string of the molecule is OC1(Cc2cccc(C(F)(F)F)c2)CCCNC1. The first kappa shape index (κ1) is 13.4. The first-order chi connectivity index (χ1) is 8.39. The number of halogens is 3. The summed E-state index contributed by atoms with van der Waals surface area (Å²) in [5.74, 6) is 0. The number of rotatable bonds is 2. The molecule has 5 heteroatoms. The summed E-state index contributed by atoms with van der Waals surface area (Å²) in [7, 11) is 0. The van der Waals surface area contributed by atoms with E-state index >= 15 is 0 Å². The number of piperidine rings is 1. The molecule has 0 spiro atoms. The van der Waals surface area contributed by atoms with Crippen LogP contribution in [0.25, 0.3) is 0 Å². The lowest BCUT2D eigenvalue weighted by Gasteiger charge is -2.32. The van der Waals surface area contributed by atoms with Crippen LogP contribution in [0.2, 0.25) is 0 Å². The molecule has 0 aliphatic carbocycles. The normalized spacial score (nSPS) is 25.1. The number of alkyl halides is 3. The van der Waals surface area contributed by atoms with E-state index in [4.69, 9.17) is 0 Å². The van der Waals surface area contributed by atoms with Crippen LogP contribution in [0, 0.1) is 0 Å². The average molecular weight is 259 g/mol. The van der Waals surface area contributed by atoms with Gasteiger partial charge >= 0.3 is 6.18 Å². The van der Waals surface area contributed by atoms with Crippen LogP contribution in [0.1, 0.15) is 24.0 Å².